The Morgan fingerprint density at radius 1 is 1.21 bits per heavy atom. The van der Waals surface area contributed by atoms with Crippen LogP contribution in [0.15, 0.2) is 24.3 Å². The van der Waals surface area contributed by atoms with Gasteiger partial charge >= 0.3 is 0 Å². The Morgan fingerprint density at radius 3 is 2.42 bits per heavy atom. The van der Waals surface area contributed by atoms with Crippen LogP contribution in [0.1, 0.15) is 58.2 Å². The van der Waals surface area contributed by atoms with Crippen LogP contribution < -0.4 is 10.1 Å². The van der Waals surface area contributed by atoms with E-state index in [4.69, 9.17) is 9.72 Å². The molecule has 0 saturated heterocycles. The Morgan fingerprint density at radius 2 is 1.88 bits per heavy atom. The summed E-state index contributed by atoms with van der Waals surface area (Å²) in [5.41, 5.74) is 0.811. The molecule has 6 nitrogen and oxygen atoms in total. The highest BCUT2D eigenvalue weighted by Crippen LogP contribution is 2.29. The van der Waals surface area contributed by atoms with E-state index >= 15 is 0 Å². The van der Waals surface area contributed by atoms with E-state index in [9.17, 15) is 4.79 Å². The number of benzene rings is 1. The number of methoxy groups -OCH3 is 1. The molecule has 0 unspecified atom stereocenters. The number of carbonyl (C=O) groups is 1. The Bertz CT molecular complexity index is 707. The number of aromatic nitrogens is 3. The van der Waals surface area contributed by atoms with Gasteiger partial charge in [0.25, 0.3) is 0 Å². The maximum atomic E-state index is 11.7. The van der Waals surface area contributed by atoms with Gasteiger partial charge in [0.15, 0.2) is 11.6 Å². The first kappa shape index (κ1) is 18.0. The molecule has 0 saturated carbocycles. The third kappa shape index (κ3) is 3.75. The summed E-state index contributed by atoms with van der Waals surface area (Å²) in [6.45, 7) is 9.72. The van der Waals surface area contributed by atoms with Crippen LogP contribution in [0.3, 0.4) is 0 Å². The number of ether oxygens (including phenoxy) is 1. The molecule has 2 aromatic rings. The van der Waals surface area contributed by atoms with Crippen molar-refractivity contribution in [1.29, 1.82) is 0 Å². The summed E-state index contributed by atoms with van der Waals surface area (Å²) in [5.74, 6) is 2.44. The molecule has 1 atom stereocenters. The fourth-order valence-corrected chi connectivity index (χ4v) is 2.52. The number of carbonyl (C=O) groups excluding carboxylic acids is 1. The molecule has 1 amide bonds. The van der Waals surface area contributed by atoms with Crippen LogP contribution in [0.5, 0.6) is 5.75 Å². The fourth-order valence-electron chi connectivity index (χ4n) is 2.52. The van der Waals surface area contributed by atoms with Crippen molar-refractivity contribution in [1.82, 2.24) is 20.1 Å². The quantitative estimate of drug-likeness (QED) is 0.883. The first-order valence-electron chi connectivity index (χ1n) is 8.22. The lowest BCUT2D eigenvalue weighted by atomic mass is 10.0. The van der Waals surface area contributed by atoms with Gasteiger partial charge in [0.1, 0.15) is 11.4 Å². The Kier molecular flexibility index (Phi) is 5.59. The zero-order chi connectivity index (χ0) is 17.9. The van der Waals surface area contributed by atoms with Gasteiger partial charge in [-0.25, -0.2) is 9.67 Å². The highest BCUT2D eigenvalue weighted by molar-refractivity contribution is 5.73. The second-order valence-electron chi connectivity index (χ2n) is 6.49. The van der Waals surface area contributed by atoms with Gasteiger partial charge in [-0.1, -0.05) is 39.8 Å². The van der Waals surface area contributed by atoms with E-state index in [0.717, 1.165) is 11.5 Å². The molecular weight excluding hydrogens is 304 g/mol. The van der Waals surface area contributed by atoms with Gasteiger partial charge in [0.05, 0.1) is 13.2 Å². The molecule has 2 rings (SSSR count). The number of amides is 1. The second-order valence-corrected chi connectivity index (χ2v) is 6.49. The maximum absolute atomic E-state index is 11.7. The predicted molar refractivity (Wildman–Crippen MR) is 93.4 cm³/mol. The molecule has 24 heavy (non-hydrogen) atoms. The zero-order valence-corrected chi connectivity index (χ0v) is 15.2. The summed E-state index contributed by atoms with van der Waals surface area (Å²) in [6, 6.07) is 7.44. The minimum Gasteiger partial charge on any atom is -0.494 e. The van der Waals surface area contributed by atoms with Gasteiger partial charge in [0.2, 0.25) is 5.91 Å². The van der Waals surface area contributed by atoms with Gasteiger partial charge in [-0.15, -0.1) is 0 Å². The predicted octanol–water partition coefficient (Wildman–Crippen LogP) is 3.23. The minimum absolute atomic E-state index is 0.0885. The summed E-state index contributed by atoms with van der Waals surface area (Å²) in [4.78, 5) is 16.4. The van der Waals surface area contributed by atoms with E-state index in [2.05, 4.69) is 38.1 Å². The topological polar surface area (TPSA) is 69.0 Å². The van der Waals surface area contributed by atoms with E-state index in [0.29, 0.717) is 11.6 Å². The lowest BCUT2D eigenvalue weighted by Crippen LogP contribution is -2.32. The number of rotatable bonds is 6. The van der Waals surface area contributed by atoms with Crippen LogP contribution in [0, 0.1) is 5.92 Å². The van der Waals surface area contributed by atoms with Gasteiger partial charge in [-0.2, -0.15) is 5.10 Å². The van der Waals surface area contributed by atoms with Crippen LogP contribution >= 0.6 is 0 Å². The monoisotopic (exact) mass is 330 g/mol. The highest BCUT2D eigenvalue weighted by Gasteiger charge is 2.26. The van der Waals surface area contributed by atoms with Crippen molar-refractivity contribution in [3.05, 3.63) is 35.9 Å². The third-order valence-corrected chi connectivity index (χ3v) is 3.78. The molecule has 0 aliphatic heterocycles. The summed E-state index contributed by atoms with van der Waals surface area (Å²) in [6.07, 6.45) is 0. The first-order valence-corrected chi connectivity index (χ1v) is 8.22. The molecule has 0 spiro atoms. The molecule has 0 fully saturated rings. The van der Waals surface area contributed by atoms with Crippen molar-refractivity contribution < 1.29 is 9.53 Å². The molecule has 6 heteroatoms. The van der Waals surface area contributed by atoms with Crippen molar-refractivity contribution >= 4 is 5.91 Å². The zero-order valence-electron chi connectivity index (χ0n) is 15.2. The fraction of sp³-hybridized carbons (Fsp3) is 0.500. The molecule has 0 bridgehead atoms. The third-order valence-electron chi connectivity index (χ3n) is 3.78. The molecule has 1 aromatic heterocycles. The van der Waals surface area contributed by atoms with Crippen molar-refractivity contribution in [2.75, 3.05) is 7.11 Å². The minimum atomic E-state index is -0.229. The average molecular weight is 330 g/mol. The summed E-state index contributed by atoms with van der Waals surface area (Å²) < 4.78 is 7.26. The van der Waals surface area contributed by atoms with Gasteiger partial charge in [-0.05, 0) is 18.1 Å². The van der Waals surface area contributed by atoms with Crippen LogP contribution in [0.4, 0.5) is 0 Å². The largest absolute Gasteiger partial charge is 0.494 e. The van der Waals surface area contributed by atoms with E-state index < -0.39 is 0 Å². The van der Waals surface area contributed by atoms with E-state index in [1.807, 2.05) is 24.3 Å². The van der Waals surface area contributed by atoms with Crippen LogP contribution in [-0.2, 0) is 4.79 Å². The smallest absolute Gasteiger partial charge is 0.217 e. The average Bonchev–Trinajstić information content (AvgIpc) is 2.97. The van der Waals surface area contributed by atoms with Gasteiger partial charge < -0.3 is 10.1 Å². The molecule has 1 aromatic carbocycles. The van der Waals surface area contributed by atoms with E-state index in [1.165, 1.54) is 6.92 Å². The number of nitrogens with one attached hydrogen (secondary N) is 1. The highest BCUT2D eigenvalue weighted by atomic mass is 16.5. The van der Waals surface area contributed by atoms with Crippen LogP contribution in [0.2, 0.25) is 0 Å². The molecule has 1 heterocycles. The number of hydrogen-bond acceptors (Lipinski definition) is 4. The normalized spacial score (nSPS) is 12.5. The van der Waals surface area contributed by atoms with Crippen molar-refractivity contribution in [2.24, 2.45) is 5.92 Å². The summed E-state index contributed by atoms with van der Waals surface area (Å²) in [5, 5.41) is 7.67. The lowest BCUT2D eigenvalue weighted by Gasteiger charge is -2.22. The lowest BCUT2D eigenvalue weighted by molar-refractivity contribution is -0.120. The Hall–Kier alpha value is -2.37. The second kappa shape index (κ2) is 7.47. The first-order chi connectivity index (χ1) is 11.3. The van der Waals surface area contributed by atoms with Crippen molar-refractivity contribution in [3.63, 3.8) is 0 Å². The van der Waals surface area contributed by atoms with Crippen LogP contribution in [-0.4, -0.2) is 27.8 Å². The van der Waals surface area contributed by atoms with Crippen molar-refractivity contribution in [2.45, 2.75) is 46.6 Å². The van der Waals surface area contributed by atoms with E-state index in [-0.39, 0.29) is 23.8 Å². The van der Waals surface area contributed by atoms with Crippen LogP contribution in [0.25, 0.3) is 5.69 Å². The van der Waals surface area contributed by atoms with Gasteiger partial charge in [-0.3, -0.25) is 4.79 Å². The Labute approximate surface area is 143 Å². The number of para-hydroxylation sites is 2. The molecule has 1 N–H and O–H groups in total. The van der Waals surface area contributed by atoms with E-state index in [1.54, 1.807) is 11.8 Å². The molecule has 0 aliphatic rings. The molecule has 0 radical (unpaired) electrons. The summed E-state index contributed by atoms with van der Waals surface area (Å²) in [7, 11) is 1.63. The molecule has 0 aliphatic carbocycles. The molecule has 130 valence electrons. The van der Waals surface area contributed by atoms with Gasteiger partial charge in [0, 0.05) is 12.8 Å². The maximum Gasteiger partial charge on any atom is 0.217 e. The molecular formula is C18H26N4O2. The summed E-state index contributed by atoms with van der Waals surface area (Å²) >= 11 is 0. The SMILES string of the molecule is COc1ccccc1-n1nc(C(C)C)nc1[C@H](NC(C)=O)C(C)C. The Balaban J connectivity index is 2.63. The van der Waals surface area contributed by atoms with Crippen molar-refractivity contribution in [3.8, 4) is 11.4 Å². The number of nitrogens with zero attached hydrogens (tertiary/aromatic N) is 3. The standard InChI is InChI=1S/C18H26N4O2/c1-11(2)16(19-13(5)23)18-20-17(12(3)4)21-22(18)14-9-7-8-10-15(14)24-6/h7-12,16H,1-6H3,(H,19,23)/t16-/m1/s1. The number of hydrogen-bond donors (Lipinski definition) is 1.